The largest absolute Gasteiger partial charge is 0.392 e. The molecule has 0 aromatic heterocycles. The van der Waals surface area contributed by atoms with Gasteiger partial charge in [0.15, 0.2) is 5.78 Å². The second-order valence-corrected chi connectivity index (χ2v) is 5.72. The lowest BCUT2D eigenvalue weighted by Crippen LogP contribution is -2.23. The average molecular weight is 261 g/mol. The predicted molar refractivity (Wildman–Crippen MR) is 76.6 cm³/mol. The van der Waals surface area contributed by atoms with Crippen LogP contribution in [0.3, 0.4) is 0 Å². The molecule has 1 fully saturated rings. The second-order valence-electron chi connectivity index (χ2n) is 5.72. The van der Waals surface area contributed by atoms with Crippen molar-refractivity contribution in [1.82, 2.24) is 4.90 Å². The van der Waals surface area contributed by atoms with E-state index < -0.39 is 0 Å². The Balaban J connectivity index is 2.34. The number of aryl methyl sites for hydroxylation is 2. The van der Waals surface area contributed by atoms with E-state index in [2.05, 4.69) is 17.9 Å². The van der Waals surface area contributed by atoms with Crippen LogP contribution in [-0.2, 0) is 6.54 Å². The van der Waals surface area contributed by atoms with Gasteiger partial charge in [-0.3, -0.25) is 9.69 Å². The van der Waals surface area contributed by atoms with Crippen LogP contribution in [0.15, 0.2) is 6.07 Å². The zero-order chi connectivity index (χ0) is 14.2. The predicted octanol–water partition coefficient (Wildman–Crippen LogP) is 2.38. The molecule has 0 aliphatic carbocycles. The highest BCUT2D eigenvalue weighted by Crippen LogP contribution is 2.25. The van der Waals surface area contributed by atoms with Gasteiger partial charge in [-0.05, 0) is 56.4 Å². The summed E-state index contributed by atoms with van der Waals surface area (Å²) < 4.78 is 0. The number of hydrogen-bond acceptors (Lipinski definition) is 3. The fraction of sp³-hybridized carbons (Fsp3) is 0.562. The molecule has 1 N–H and O–H groups in total. The van der Waals surface area contributed by atoms with Crippen molar-refractivity contribution in [1.29, 1.82) is 0 Å². The lowest BCUT2D eigenvalue weighted by Gasteiger charge is -2.21. The third kappa shape index (κ3) is 2.88. The Morgan fingerprint density at radius 1 is 1.37 bits per heavy atom. The Morgan fingerprint density at radius 2 is 2.05 bits per heavy atom. The van der Waals surface area contributed by atoms with E-state index in [1.165, 1.54) is 11.1 Å². The van der Waals surface area contributed by atoms with Gasteiger partial charge in [0, 0.05) is 25.2 Å². The first kappa shape index (κ1) is 14.2. The maximum Gasteiger partial charge on any atom is 0.160 e. The number of benzene rings is 1. The van der Waals surface area contributed by atoms with Gasteiger partial charge >= 0.3 is 0 Å². The topological polar surface area (TPSA) is 40.5 Å². The summed E-state index contributed by atoms with van der Waals surface area (Å²) >= 11 is 0. The number of β-amino-alcohol motifs (C(OH)–C–C–N with tert-alkyl or cyclic N) is 1. The second kappa shape index (κ2) is 5.43. The molecule has 104 valence electrons. The normalized spacial score (nSPS) is 19.9. The number of ketones is 1. The van der Waals surface area contributed by atoms with E-state index in [1.807, 2.05) is 13.8 Å². The fourth-order valence-electron chi connectivity index (χ4n) is 3.19. The lowest BCUT2D eigenvalue weighted by atomic mass is 9.91. The number of carbonyl (C=O) groups excluding carboxylic acids is 1. The van der Waals surface area contributed by atoms with E-state index in [0.717, 1.165) is 42.7 Å². The highest BCUT2D eigenvalue weighted by molar-refractivity contribution is 5.97. The van der Waals surface area contributed by atoms with Crippen LogP contribution in [0.2, 0.25) is 0 Å². The average Bonchev–Trinajstić information content (AvgIpc) is 2.69. The summed E-state index contributed by atoms with van der Waals surface area (Å²) in [5.41, 5.74) is 5.51. The molecule has 0 amide bonds. The molecule has 3 nitrogen and oxygen atoms in total. The van der Waals surface area contributed by atoms with Crippen molar-refractivity contribution in [2.45, 2.75) is 46.8 Å². The van der Waals surface area contributed by atoms with Gasteiger partial charge in [-0.2, -0.15) is 0 Å². The van der Waals surface area contributed by atoms with Crippen LogP contribution in [0.25, 0.3) is 0 Å². The highest BCUT2D eigenvalue weighted by atomic mass is 16.3. The Bertz CT molecular complexity index is 508. The zero-order valence-electron chi connectivity index (χ0n) is 12.3. The van der Waals surface area contributed by atoms with Crippen LogP contribution in [-0.4, -0.2) is 35.0 Å². The standard InChI is InChI=1S/C16H23NO2/c1-10-7-11(2)16(13(4)18)12(3)15(10)9-17-6-5-14(19)8-17/h7,14,19H,5-6,8-9H2,1-4H3/t14-/m1/s1. The lowest BCUT2D eigenvalue weighted by molar-refractivity contribution is 0.101. The number of hydrogen-bond donors (Lipinski definition) is 1. The van der Waals surface area contributed by atoms with Crippen LogP contribution < -0.4 is 0 Å². The Morgan fingerprint density at radius 3 is 2.58 bits per heavy atom. The first-order chi connectivity index (χ1) is 8.90. The monoisotopic (exact) mass is 261 g/mol. The minimum Gasteiger partial charge on any atom is -0.392 e. The third-order valence-electron chi connectivity index (χ3n) is 4.11. The first-order valence-electron chi connectivity index (χ1n) is 6.91. The van der Waals surface area contributed by atoms with Crippen molar-refractivity contribution in [3.8, 4) is 0 Å². The minimum absolute atomic E-state index is 0.137. The molecule has 1 aromatic rings. The molecule has 3 heteroatoms. The molecule has 0 bridgehead atoms. The van der Waals surface area contributed by atoms with Gasteiger partial charge in [0.1, 0.15) is 0 Å². The molecule has 19 heavy (non-hydrogen) atoms. The Labute approximate surface area is 115 Å². The Kier molecular flexibility index (Phi) is 4.07. The molecule has 0 radical (unpaired) electrons. The molecule has 2 rings (SSSR count). The zero-order valence-corrected chi connectivity index (χ0v) is 12.3. The van der Waals surface area contributed by atoms with Crippen LogP contribution in [0.1, 0.15) is 46.0 Å². The summed E-state index contributed by atoms with van der Waals surface area (Å²) in [5, 5.41) is 9.61. The molecule has 1 aliphatic rings. The van der Waals surface area contributed by atoms with Gasteiger partial charge in [-0.1, -0.05) is 6.07 Å². The van der Waals surface area contributed by atoms with Crippen LogP contribution in [0.4, 0.5) is 0 Å². The summed E-state index contributed by atoms with van der Waals surface area (Å²) in [6, 6.07) is 2.10. The number of nitrogens with zero attached hydrogens (tertiary/aromatic N) is 1. The summed E-state index contributed by atoms with van der Waals surface area (Å²) in [6.45, 7) is 10.3. The molecule has 0 spiro atoms. The van der Waals surface area contributed by atoms with E-state index >= 15 is 0 Å². The quantitative estimate of drug-likeness (QED) is 0.849. The van der Waals surface area contributed by atoms with Gasteiger partial charge in [-0.15, -0.1) is 0 Å². The van der Waals surface area contributed by atoms with E-state index in [4.69, 9.17) is 0 Å². The van der Waals surface area contributed by atoms with Crippen molar-refractivity contribution in [2.24, 2.45) is 0 Å². The molecular weight excluding hydrogens is 238 g/mol. The number of aliphatic hydroxyl groups is 1. The maximum absolute atomic E-state index is 11.8. The molecule has 1 heterocycles. The van der Waals surface area contributed by atoms with Crippen molar-refractivity contribution >= 4 is 5.78 Å². The van der Waals surface area contributed by atoms with Crippen molar-refractivity contribution in [3.05, 3.63) is 33.9 Å². The van der Waals surface area contributed by atoms with Crippen LogP contribution in [0, 0.1) is 20.8 Å². The van der Waals surface area contributed by atoms with Gasteiger partial charge in [-0.25, -0.2) is 0 Å². The first-order valence-corrected chi connectivity index (χ1v) is 6.91. The summed E-state index contributed by atoms with van der Waals surface area (Å²) in [7, 11) is 0. The van der Waals surface area contributed by atoms with Gasteiger partial charge in [0.05, 0.1) is 6.10 Å². The molecule has 1 aromatic carbocycles. The number of aliphatic hydroxyl groups excluding tert-OH is 1. The summed E-state index contributed by atoms with van der Waals surface area (Å²) in [6.07, 6.45) is 0.655. The molecule has 1 aliphatic heterocycles. The van der Waals surface area contributed by atoms with E-state index in [9.17, 15) is 9.90 Å². The van der Waals surface area contributed by atoms with Crippen LogP contribution in [0.5, 0.6) is 0 Å². The summed E-state index contributed by atoms with van der Waals surface area (Å²) in [5.74, 6) is 0.137. The number of likely N-dealkylation sites (tertiary alicyclic amines) is 1. The van der Waals surface area contributed by atoms with Crippen molar-refractivity contribution < 1.29 is 9.90 Å². The van der Waals surface area contributed by atoms with Crippen LogP contribution >= 0.6 is 0 Å². The Hall–Kier alpha value is -1.19. The van der Waals surface area contributed by atoms with E-state index in [0.29, 0.717) is 0 Å². The van der Waals surface area contributed by atoms with Gasteiger partial charge in [0.2, 0.25) is 0 Å². The molecule has 1 saturated heterocycles. The van der Waals surface area contributed by atoms with E-state index in [1.54, 1.807) is 6.92 Å². The van der Waals surface area contributed by atoms with Gasteiger partial charge in [0.25, 0.3) is 0 Å². The SMILES string of the molecule is CC(=O)c1c(C)cc(C)c(CN2CC[C@@H](O)C2)c1C. The number of Topliss-reactive ketones (excluding diaryl/α,β-unsaturated/α-hetero) is 1. The molecule has 1 atom stereocenters. The van der Waals surface area contributed by atoms with Crippen molar-refractivity contribution in [2.75, 3.05) is 13.1 Å². The van der Waals surface area contributed by atoms with Crippen molar-refractivity contribution in [3.63, 3.8) is 0 Å². The highest BCUT2D eigenvalue weighted by Gasteiger charge is 2.22. The molecule has 0 saturated carbocycles. The maximum atomic E-state index is 11.8. The van der Waals surface area contributed by atoms with E-state index in [-0.39, 0.29) is 11.9 Å². The number of rotatable bonds is 3. The fourth-order valence-corrected chi connectivity index (χ4v) is 3.19. The smallest absolute Gasteiger partial charge is 0.160 e. The molecular formula is C16H23NO2. The number of carbonyl (C=O) groups is 1. The minimum atomic E-state index is -0.196. The van der Waals surface area contributed by atoms with Gasteiger partial charge < -0.3 is 5.11 Å². The molecule has 0 unspecified atom stereocenters. The third-order valence-corrected chi connectivity index (χ3v) is 4.11. The summed E-state index contributed by atoms with van der Waals surface area (Å²) in [4.78, 5) is 14.0.